The summed E-state index contributed by atoms with van der Waals surface area (Å²) in [6.07, 6.45) is 0.588. The Morgan fingerprint density at radius 1 is 1.25 bits per heavy atom. The predicted molar refractivity (Wildman–Crippen MR) is 82.3 cm³/mol. The Hall–Kier alpha value is -0.760. The summed E-state index contributed by atoms with van der Waals surface area (Å²) in [6.45, 7) is 3.83. The molecule has 0 fully saturated rings. The Bertz CT molecular complexity index is 553. The highest BCUT2D eigenvalue weighted by Crippen LogP contribution is 2.09. The summed E-state index contributed by atoms with van der Waals surface area (Å²) >= 11 is 0. The Kier molecular flexibility index (Phi) is 6.32. The van der Waals surface area contributed by atoms with Gasteiger partial charge in [-0.3, -0.25) is 0 Å². The average Bonchev–Trinajstić information content (AvgIpc) is 2.38. The van der Waals surface area contributed by atoms with Gasteiger partial charge in [0.05, 0.1) is 10.6 Å². The first-order valence-electron chi connectivity index (χ1n) is 6.41. The summed E-state index contributed by atoms with van der Waals surface area (Å²) in [5.41, 5.74) is 1.09. The van der Waals surface area contributed by atoms with E-state index in [1.807, 2.05) is 26.0 Å². The van der Waals surface area contributed by atoms with E-state index in [4.69, 9.17) is 0 Å². The molecule has 5 nitrogen and oxygen atoms in total. The minimum atomic E-state index is -3.31. The van der Waals surface area contributed by atoms with Gasteiger partial charge in [0.2, 0.25) is 10.0 Å². The summed E-state index contributed by atoms with van der Waals surface area (Å²) in [7, 11) is -1.71. The quantitative estimate of drug-likeness (QED) is 0.823. The number of nitrogens with zero attached hydrogens (tertiary/aromatic N) is 1. The molecule has 0 aliphatic heterocycles. The lowest BCUT2D eigenvalue weighted by atomic mass is 10.2. The predicted octanol–water partition coefficient (Wildman–Crippen LogP) is 1.28. The lowest BCUT2D eigenvalue weighted by molar-refractivity contribution is 0.507. The Balaban J connectivity index is 2.74. The van der Waals surface area contributed by atoms with Crippen molar-refractivity contribution < 1.29 is 12.6 Å². The summed E-state index contributed by atoms with van der Waals surface area (Å²) in [6, 6.07) is 6.99. The molecule has 1 aromatic carbocycles. The van der Waals surface area contributed by atoms with Crippen LogP contribution in [0, 0.1) is 6.92 Å². The van der Waals surface area contributed by atoms with Gasteiger partial charge in [0.15, 0.2) is 0 Å². The van der Waals surface area contributed by atoms with Crippen LogP contribution in [0.2, 0.25) is 0 Å². The highest BCUT2D eigenvalue weighted by Gasteiger charge is 2.21. The van der Waals surface area contributed by atoms with E-state index in [-0.39, 0.29) is 11.8 Å². The molecule has 0 saturated carbocycles. The molecule has 0 amide bonds. The minimum absolute atomic E-state index is 0.0614. The third kappa shape index (κ3) is 4.97. The fourth-order valence-corrected chi connectivity index (χ4v) is 3.82. The van der Waals surface area contributed by atoms with Crippen LogP contribution in [0.1, 0.15) is 18.9 Å². The zero-order valence-corrected chi connectivity index (χ0v) is 13.9. The van der Waals surface area contributed by atoms with Crippen LogP contribution in [0.4, 0.5) is 0 Å². The van der Waals surface area contributed by atoms with E-state index in [2.05, 4.69) is 4.72 Å². The molecular formula is C13H22N2O3S2. The molecule has 0 heterocycles. The van der Waals surface area contributed by atoms with Gasteiger partial charge in [-0.25, -0.2) is 21.7 Å². The molecule has 0 spiro atoms. The van der Waals surface area contributed by atoms with Crippen molar-refractivity contribution in [2.24, 2.45) is 0 Å². The first-order valence-corrected chi connectivity index (χ1v) is 9.17. The molecule has 1 unspecified atom stereocenters. The Morgan fingerprint density at radius 3 is 2.25 bits per heavy atom. The fraction of sp³-hybridized carbons (Fsp3) is 0.538. The number of benzene rings is 1. The van der Waals surface area contributed by atoms with E-state index in [0.717, 1.165) is 5.56 Å². The smallest absolute Gasteiger partial charge is 0.215 e. The summed E-state index contributed by atoms with van der Waals surface area (Å²) in [4.78, 5) is 0.649. The van der Waals surface area contributed by atoms with Crippen molar-refractivity contribution in [3.63, 3.8) is 0 Å². The van der Waals surface area contributed by atoms with Crippen molar-refractivity contribution in [3.8, 4) is 0 Å². The van der Waals surface area contributed by atoms with Crippen molar-refractivity contribution in [2.75, 3.05) is 19.8 Å². The number of hydrogen-bond donors (Lipinski definition) is 1. The summed E-state index contributed by atoms with van der Waals surface area (Å²) in [5.74, 6) is -0.0614. The van der Waals surface area contributed by atoms with Crippen LogP contribution in [0.25, 0.3) is 0 Å². The SMILES string of the molecule is CC[C@H](CS(=O)(=O)N(C)C)NS(=O)c1ccc(C)cc1. The second kappa shape index (κ2) is 7.31. The Labute approximate surface area is 124 Å². The van der Waals surface area contributed by atoms with E-state index >= 15 is 0 Å². The molecule has 0 aliphatic carbocycles. The van der Waals surface area contributed by atoms with Gasteiger partial charge < -0.3 is 0 Å². The fourth-order valence-electron chi connectivity index (χ4n) is 1.52. The van der Waals surface area contributed by atoms with E-state index in [1.165, 1.54) is 18.4 Å². The molecule has 2 atom stereocenters. The van der Waals surface area contributed by atoms with E-state index in [1.54, 1.807) is 12.1 Å². The molecule has 114 valence electrons. The van der Waals surface area contributed by atoms with Gasteiger partial charge in [0.25, 0.3) is 0 Å². The highest BCUT2D eigenvalue weighted by atomic mass is 32.2. The molecule has 1 rings (SSSR count). The maximum Gasteiger partial charge on any atom is 0.215 e. The number of hydrogen-bond acceptors (Lipinski definition) is 3. The van der Waals surface area contributed by atoms with Gasteiger partial charge in [0.1, 0.15) is 11.0 Å². The monoisotopic (exact) mass is 318 g/mol. The molecule has 0 aliphatic rings. The molecule has 7 heteroatoms. The van der Waals surface area contributed by atoms with E-state index in [0.29, 0.717) is 11.3 Å². The van der Waals surface area contributed by atoms with Crippen LogP contribution in [0.15, 0.2) is 29.2 Å². The van der Waals surface area contributed by atoms with E-state index in [9.17, 15) is 12.6 Å². The van der Waals surface area contributed by atoms with Crippen molar-refractivity contribution in [1.29, 1.82) is 0 Å². The van der Waals surface area contributed by atoms with Crippen LogP contribution in [0.3, 0.4) is 0 Å². The van der Waals surface area contributed by atoms with Crippen molar-refractivity contribution >= 4 is 21.0 Å². The average molecular weight is 318 g/mol. The van der Waals surface area contributed by atoms with Crippen molar-refractivity contribution in [3.05, 3.63) is 29.8 Å². The standard InChI is InChI=1S/C13H22N2O3S2/c1-5-12(10-20(17,18)15(3)4)14-19(16)13-8-6-11(2)7-9-13/h6-9,12,14H,5,10H2,1-4H3/t12-,19?/m1/s1. The minimum Gasteiger partial charge on any atom is -0.237 e. The van der Waals surface area contributed by atoms with Crippen LogP contribution in [-0.4, -0.2) is 42.8 Å². The second-order valence-corrected chi connectivity index (χ2v) is 8.34. The summed E-state index contributed by atoms with van der Waals surface area (Å²) < 4.78 is 39.9. The van der Waals surface area contributed by atoms with Crippen molar-refractivity contribution in [1.82, 2.24) is 9.03 Å². The number of aryl methyl sites for hydroxylation is 1. The first-order chi connectivity index (χ1) is 9.26. The van der Waals surface area contributed by atoms with Crippen LogP contribution >= 0.6 is 0 Å². The largest absolute Gasteiger partial charge is 0.237 e. The zero-order chi connectivity index (χ0) is 15.3. The van der Waals surface area contributed by atoms with Gasteiger partial charge in [-0.1, -0.05) is 24.6 Å². The number of sulfonamides is 1. The molecule has 0 aromatic heterocycles. The maximum atomic E-state index is 12.2. The highest BCUT2D eigenvalue weighted by molar-refractivity contribution is 7.89. The molecular weight excluding hydrogens is 296 g/mol. The third-order valence-electron chi connectivity index (χ3n) is 2.97. The van der Waals surface area contributed by atoms with Crippen LogP contribution in [0.5, 0.6) is 0 Å². The molecule has 1 N–H and O–H groups in total. The topological polar surface area (TPSA) is 66.5 Å². The van der Waals surface area contributed by atoms with Gasteiger partial charge in [-0.2, -0.15) is 0 Å². The number of rotatable bonds is 7. The van der Waals surface area contributed by atoms with Gasteiger partial charge >= 0.3 is 0 Å². The second-order valence-electron chi connectivity index (χ2n) is 4.87. The van der Waals surface area contributed by atoms with Gasteiger partial charge in [-0.15, -0.1) is 0 Å². The van der Waals surface area contributed by atoms with Crippen LogP contribution < -0.4 is 4.72 Å². The maximum absolute atomic E-state index is 12.2. The summed E-state index contributed by atoms with van der Waals surface area (Å²) in [5, 5.41) is 0. The molecule has 20 heavy (non-hydrogen) atoms. The Morgan fingerprint density at radius 2 is 1.80 bits per heavy atom. The molecule has 1 aromatic rings. The normalized spacial score (nSPS) is 15.2. The van der Waals surface area contributed by atoms with Gasteiger partial charge in [0, 0.05) is 20.1 Å². The van der Waals surface area contributed by atoms with E-state index < -0.39 is 21.0 Å². The lowest BCUT2D eigenvalue weighted by Gasteiger charge is -2.19. The molecule has 0 radical (unpaired) electrons. The third-order valence-corrected chi connectivity index (χ3v) is 6.15. The van der Waals surface area contributed by atoms with Crippen LogP contribution in [-0.2, 0) is 21.0 Å². The molecule has 0 bridgehead atoms. The van der Waals surface area contributed by atoms with Crippen molar-refractivity contribution in [2.45, 2.75) is 31.2 Å². The zero-order valence-electron chi connectivity index (χ0n) is 12.3. The lowest BCUT2D eigenvalue weighted by Crippen LogP contribution is -2.40. The van der Waals surface area contributed by atoms with Gasteiger partial charge in [-0.05, 0) is 25.5 Å². The number of nitrogens with one attached hydrogen (secondary N) is 1. The molecule has 0 saturated heterocycles. The first kappa shape index (κ1) is 17.3.